The number of rotatable bonds is 48. The molecule has 0 aromatic rings. The highest BCUT2D eigenvalue weighted by atomic mass is 16.7. The lowest BCUT2D eigenvalue weighted by Crippen LogP contribution is -2.60. The molecule has 1 amide bonds. The fraction of sp³-hybridized carbons (Fsp3) is 0.783. The molecule has 0 spiro atoms. The van der Waals surface area contributed by atoms with Crippen LogP contribution in [0.15, 0.2) is 72.9 Å². The van der Waals surface area contributed by atoms with Crippen LogP contribution >= 0.6 is 0 Å². The third-order valence-electron chi connectivity index (χ3n) is 13.3. The van der Waals surface area contributed by atoms with Crippen LogP contribution in [0.1, 0.15) is 245 Å². The summed E-state index contributed by atoms with van der Waals surface area (Å²) in [5.74, 6) is -0.150. The Labute approximate surface area is 423 Å². The molecule has 1 heterocycles. The molecule has 1 aliphatic heterocycles. The van der Waals surface area contributed by atoms with Gasteiger partial charge in [-0.15, -0.1) is 0 Å². The van der Waals surface area contributed by atoms with E-state index in [0.717, 1.165) is 89.9 Å². The van der Waals surface area contributed by atoms with Gasteiger partial charge in [-0.1, -0.05) is 247 Å². The third-order valence-corrected chi connectivity index (χ3v) is 13.3. The molecule has 1 rings (SSSR count). The molecule has 7 atom stereocenters. The first-order valence-electron chi connectivity index (χ1n) is 28.6. The summed E-state index contributed by atoms with van der Waals surface area (Å²) in [6, 6.07) is -0.715. The molecule has 7 unspecified atom stereocenters. The molecule has 6 N–H and O–H groups in total. The summed E-state index contributed by atoms with van der Waals surface area (Å²) in [7, 11) is 0. The summed E-state index contributed by atoms with van der Waals surface area (Å²) in [6.45, 7) is 3.63. The Bertz CT molecular complexity index is 1310. The van der Waals surface area contributed by atoms with Crippen molar-refractivity contribution in [3.05, 3.63) is 72.9 Å². The maximum atomic E-state index is 12.9. The first-order chi connectivity index (χ1) is 33.8. The molecule has 0 radical (unpaired) electrons. The fourth-order valence-corrected chi connectivity index (χ4v) is 8.81. The number of unbranched alkanes of at least 4 members (excludes halogenated alkanes) is 26. The largest absolute Gasteiger partial charge is 0.394 e. The number of allylic oxidation sites excluding steroid dienone is 12. The van der Waals surface area contributed by atoms with E-state index in [9.17, 15) is 30.3 Å². The van der Waals surface area contributed by atoms with E-state index in [2.05, 4.69) is 92.1 Å². The van der Waals surface area contributed by atoms with Crippen molar-refractivity contribution in [1.82, 2.24) is 5.32 Å². The van der Waals surface area contributed by atoms with Gasteiger partial charge in [-0.3, -0.25) is 4.79 Å². The molecular weight excluding hydrogens is 863 g/mol. The second kappa shape index (κ2) is 49.2. The topological polar surface area (TPSA) is 149 Å². The van der Waals surface area contributed by atoms with E-state index in [0.29, 0.717) is 12.8 Å². The monoisotopic (exact) mass is 970 g/mol. The summed E-state index contributed by atoms with van der Waals surface area (Å²) in [4.78, 5) is 12.9. The number of aliphatic hydroxyl groups is 5. The number of nitrogens with one attached hydrogen (secondary N) is 1. The summed E-state index contributed by atoms with van der Waals surface area (Å²) < 4.78 is 11.2. The van der Waals surface area contributed by atoms with Crippen molar-refractivity contribution in [1.29, 1.82) is 0 Å². The highest BCUT2D eigenvalue weighted by Gasteiger charge is 2.44. The summed E-state index contributed by atoms with van der Waals surface area (Å²) in [5, 5.41) is 54.0. The zero-order valence-electron chi connectivity index (χ0n) is 44.3. The first-order valence-corrected chi connectivity index (χ1v) is 28.6. The Morgan fingerprint density at radius 2 is 0.899 bits per heavy atom. The van der Waals surface area contributed by atoms with Gasteiger partial charge in [-0.2, -0.15) is 0 Å². The van der Waals surface area contributed by atoms with Gasteiger partial charge in [-0.25, -0.2) is 0 Å². The van der Waals surface area contributed by atoms with Crippen molar-refractivity contribution in [2.24, 2.45) is 0 Å². The Kier molecular flexibility index (Phi) is 46.1. The average molecular weight is 971 g/mol. The van der Waals surface area contributed by atoms with Crippen LogP contribution in [0.3, 0.4) is 0 Å². The van der Waals surface area contributed by atoms with Gasteiger partial charge in [0.05, 0.1) is 25.4 Å². The quantitative estimate of drug-likeness (QED) is 0.0261. The lowest BCUT2D eigenvalue weighted by Gasteiger charge is -2.40. The molecule has 9 heteroatoms. The summed E-state index contributed by atoms with van der Waals surface area (Å²) >= 11 is 0. The average Bonchev–Trinajstić information content (AvgIpc) is 3.35. The molecular formula is C60H107NO8. The Morgan fingerprint density at radius 1 is 0.507 bits per heavy atom. The minimum atomic E-state index is -1.55. The van der Waals surface area contributed by atoms with Crippen LogP contribution in [-0.2, 0) is 14.3 Å². The molecule has 69 heavy (non-hydrogen) atoms. The van der Waals surface area contributed by atoms with E-state index in [1.165, 1.54) is 128 Å². The lowest BCUT2D eigenvalue weighted by molar-refractivity contribution is -0.302. The number of carbonyl (C=O) groups excluding carboxylic acids is 1. The third kappa shape index (κ3) is 38.9. The second-order valence-electron chi connectivity index (χ2n) is 19.7. The normalized spacial score (nSPS) is 20.0. The van der Waals surface area contributed by atoms with Gasteiger partial charge in [0, 0.05) is 6.42 Å². The van der Waals surface area contributed by atoms with Crippen LogP contribution in [-0.4, -0.2) is 87.5 Å². The lowest BCUT2D eigenvalue weighted by atomic mass is 9.99. The molecule has 0 saturated carbocycles. The standard InChI is InChI=1S/C60H107NO8/c1-3-5-7-9-10-11-12-13-14-15-16-17-18-19-20-21-22-23-24-25-26-27-28-29-30-31-32-33-34-35-36-37-38-39-40-41-42-43-44-46-48-50-56(64)61-53(54(63)49-47-45-8-6-4-2)52-68-60-59(67)58(66)57(65)55(51-62)69-60/h5,7,10-11,13-14,16-17,19-20,22-23,53-55,57-60,62-63,65-67H,3-4,6,8-9,12,15,18,21,24-52H2,1-2H3,(H,61,64)/b7-5-,11-10-,14-13-,17-16-,20-19-,23-22-. The molecule has 1 fully saturated rings. The molecule has 1 aliphatic rings. The molecule has 0 aromatic carbocycles. The first kappa shape index (κ1) is 64.6. The maximum Gasteiger partial charge on any atom is 0.220 e. The maximum absolute atomic E-state index is 12.9. The SMILES string of the molecule is CC/C=C\C/C=C\C/C=C\C/C=C\C/C=C\C/C=C\CCCCCCCCCCCCCCCCCCCCCCCCC(=O)NC(COC1OC(CO)C(O)C(O)C1O)C(O)CCCCCCC. The van der Waals surface area contributed by atoms with E-state index >= 15 is 0 Å². The smallest absolute Gasteiger partial charge is 0.220 e. The highest BCUT2D eigenvalue weighted by molar-refractivity contribution is 5.76. The zero-order valence-corrected chi connectivity index (χ0v) is 44.3. The molecule has 0 bridgehead atoms. The fourth-order valence-electron chi connectivity index (χ4n) is 8.81. The Morgan fingerprint density at radius 3 is 1.33 bits per heavy atom. The van der Waals surface area contributed by atoms with Crippen molar-refractivity contribution in [3.63, 3.8) is 0 Å². The van der Waals surface area contributed by atoms with Gasteiger partial charge in [0.15, 0.2) is 6.29 Å². The number of aliphatic hydroxyl groups excluding tert-OH is 5. The van der Waals surface area contributed by atoms with E-state index in [1.54, 1.807) is 0 Å². The minimum Gasteiger partial charge on any atom is -0.394 e. The molecule has 400 valence electrons. The zero-order chi connectivity index (χ0) is 50.1. The van der Waals surface area contributed by atoms with Crippen molar-refractivity contribution >= 4 is 5.91 Å². The van der Waals surface area contributed by atoms with Crippen LogP contribution in [0.25, 0.3) is 0 Å². The summed E-state index contributed by atoms with van der Waals surface area (Å²) in [6.07, 6.45) is 61.6. The number of ether oxygens (including phenoxy) is 2. The number of carbonyl (C=O) groups is 1. The van der Waals surface area contributed by atoms with E-state index in [1.807, 2.05) is 0 Å². The molecule has 1 saturated heterocycles. The minimum absolute atomic E-state index is 0.139. The van der Waals surface area contributed by atoms with Gasteiger partial charge in [0.2, 0.25) is 5.91 Å². The Hall–Kier alpha value is -2.37. The van der Waals surface area contributed by atoms with Gasteiger partial charge >= 0.3 is 0 Å². The van der Waals surface area contributed by atoms with Gasteiger partial charge in [-0.05, 0) is 64.2 Å². The van der Waals surface area contributed by atoms with Crippen LogP contribution in [0.2, 0.25) is 0 Å². The van der Waals surface area contributed by atoms with E-state index in [4.69, 9.17) is 9.47 Å². The molecule has 9 nitrogen and oxygen atoms in total. The second-order valence-corrected chi connectivity index (χ2v) is 19.7. The number of hydrogen-bond acceptors (Lipinski definition) is 8. The van der Waals surface area contributed by atoms with Crippen molar-refractivity contribution in [2.75, 3.05) is 13.2 Å². The van der Waals surface area contributed by atoms with Crippen molar-refractivity contribution < 1.29 is 39.8 Å². The van der Waals surface area contributed by atoms with E-state index < -0.39 is 49.5 Å². The van der Waals surface area contributed by atoms with E-state index in [-0.39, 0.29) is 12.5 Å². The van der Waals surface area contributed by atoms with Gasteiger partial charge in [0.1, 0.15) is 24.4 Å². The van der Waals surface area contributed by atoms with Crippen molar-refractivity contribution in [2.45, 2.75) is 288 Å². The van der Waals surface area contributed by atoms with Crippen molar-refractivity contribution in [3.8, 4) is 0 Å². The summed E-state index contributed by atoms with van der Waals surface area (Å²) in [5.41, 5.74) is 0. The molecule has 0 aromatic heterocycles. The molecule has 0 aliphatic carbocycles. The van der Waals surface area contributed by atoms with Crippen LogP contribution in [0, 0.1) is 0 Å². The van der Waals surface area contributed by atoms with Crippen LogP contribution in [0.4, 0.5) is 0 Å². The Balaban J connectivity index is 1.94. The highest BCUT2D eigenvalue weighted by Crippen LogP contribution is 2.23. The number of amides is 1. The van der Waals surface area contributed by atoms with Gasteiger partial charge in [0.25, 0.3) is 0 Å². The predicted octanol–water partition coefficient (Wildman–Crippen LogP) is 14.1. The predicted molar refractivity (Wildman–Crippen MR) is 290 cm³/mol. The number of hydrogen-bond donors (Lipinski definition) is 6. The van der Waals surface area contributed by atoms with Crippen LogP contribution < -0.4 is 5.32 Å². The van der Waals surface area contributed by atoms with Crippen LogP contribution in [0.5, 0.6) is 0 Å². The van der Waals surface area contributed by atoms with Gasteiger partial charge < -0.3 is 40.3 Å².